The molecule has 0 spiro atoms. The van der Waals surface area contributed by atoms with E-state index in [4.69, 9.17) is 5.11 Å². The highest BCUT2D eigenvalue weighted by molar-refractivity contribution is 4.73. The quantitative estimate of drug-likeness (QED) is 0.453. The lowest BCUT2D eigenvalue weighted by Gasteiger charge is -2.26. The third-order valence-electron chi connectivity index (χ3n) is 1.69. The van der Waals surface area contributed by atoms with Gasteiger partial charge in [0.1, 0.15) is 0 Å². The fraction of sp³-hybridized carbons (Fsp3) is 1.00. The van der Waals surface area contributed by atoms with Gasteiger partial charge in [-0.3, -0.25) is 10.9 Å². The summed E-state index contributed by atoms with van der Waals surface area (Å²) >= 11 is 0. The second-order valence-electron chi connectivity index (χ2n) is 2.56. The Hall–Kier alpha value is -0.120. The summed E-state index contributed by atoms with van der Waals surface area (Å²) in [6.07, 6.45) is 1.99. The second-order valence-corrected chi connectivity index (χ2v) is 2.56. The van der Waals surface area contributed by atoms with Crippen LogP contribution in [0.1, 0.15) is 19.8 Å². The van der Waals surface area contributed by atoms with Gasteiger partial charge in [0.2, 0.25) is 0 Å². The van der Waals surface area contributed by atoms with Crippen molar-refractivity contribution in [2.45, 2.75) is 31.9 Å². The van der Waals surface area contributed by atoms with Gasteiger partial charge in [0.05, 0.1) is 6.10 Å². The van der Waals surface area contributed by atoms with E-state index in [1.807, 2.05) is 6.92 Å². The molecule has 54 valence electrons. The van der Waals surface area contributed by atoms with Crippen molar-refractivity contribution in [2.24, 2.45) is 0 Å². The van der Waals surface area contributed by atoms with Crippen molar-refractivity contribution >= 4 is 0 Å². The van der Waals surface area contributed by atoms with Crippen molar-refractivity contribution in [3.63, 3.8) is 0 Å². The molecule has 0 saturated carbocycles. The zero-order valence-electron chi connectivity index (χ0n) is 5.72. The summed E-state index contributed by atoms with van der Waals surface area (Å²) in [7, 11) is 0. The molecule has 1 aliphatic rings. The molecule has 1 fully saturated rings. The Kier molecular flexibility index (Phi) is 2.45. The number of rotatable bonds is 1. The molecule has 0 aromatic heterocycles. The summed E-state index contributed by atoms with van der Waals surface area (Å²) in [6, 6.07) is 0.249. The number of hydrogen-bond acceptors (Lipinski definition) is 3. The Morgan fingerprint density at radius 3 is 2.78 bits per heavy atom. The average molecular weight is 130 g/mol. The maximum Gasteiger partial charge on any atom is 0.0678 e. The van der Waals surface area contributed by atoms with Crippen LogP contribution in [-0.2, 0) is 0 Å². The molecule has 3 nitrogen and oxygen atoms in total. The highest BCUT2D eigenvalue weighted by atomic mass is 16.3. The molecular formula is C6H14N2O. The molecule has 1 saturated heterocycles. The van der Waals surface area contributed by atoms with E-state index in [1.165, 1.54) is 0 Å². The molecule has 9 heavy (non-hydrogen) atoms. The Morgan fingerprint density at radius 2 is 2.44 bits per heavy atom. The van der Waals surface area contributed by atoms with Crippen molar-refractivity contribution < 1.29 is 5.11 Å². The number of aliphatic hydroxyl groups excluding tert-OH is 1. The fourth-order valence-corrected chi connectivity index (χ4v) is 1.05. The Bertz CT molecular complexity index is 79.1. The normalized spacial score (nSPS) is 32.0. The van der Waals surface area contributed by atoms with Crippen molar-refractivity contribution in [1.82, 2.24) is 10.9 Å². The van der Waals surface area contributed by atoms with Gasteiger partial charge in [0.25, 0.3) is 0 Å². The van der Waals surface area contributed by atoms with Gasteiger partial charge in [-0.05, 0) is 19.8 Å². The fourth-order valence-electron chi connectivity index (χ4n) is 1.05. The van der Waals surface area contributed by atoms with Crippen LogP contribution < -0.4 is 10.9 Å². The first kappa shape index (κ1) is 6.99. The predicted molar refractivity (Wildman–Crippen MR) is 35.8 cm³/mol. The zero-order valence-corrected chi connectivity index (χ0v) is 5.72. The van der Waals surface area contributed by atoms with Crippen molar-refractivity contribution in [2.75, 3.05) is 6.54 Å². The van der Waals surface area contributed by atoms with Crippen molar-refractivity contribution in [3.05, 3.63) is 0 Å². The molecule has 0 aliphatic carbocycles. The van der Waals surface area contributed by atoms with Crippen LogP contribution in [-0.4, -0.2) is 23.8 Å². The van der Waals surface area contributed by atoms with Crippen LogP contribution in [0.3, 0.4) is 0 Å². The molecule has 0 amide bonds. The minimum Gasteiger partial charge on any atom is -0.392 e. The van der Waals surface area contributed by atoms with Crippen LogP contribution in [0, 0.1) is 0 Å². The van der Waals surface area contributed by atoms with E-state index in [9.17, 15) is 0 Å². The largest absolute Gasteiger partial charge is 0.392 e. The standard InChI is InChI=1S/C6H14N2O/c1-5(9)6-3-2-4-7-8-6/h5-9H,2-4H2,1H3/t5?,6-/m0/s1. The first-order valence-corrected chi connectivity index (χ1v) is 3.47. The van der Waals surface area contributed by atoms with Crippen molar-refractivity contribution in [3.8, 4) is 0 Å². The van der Waals surface area contributed by atoms with E-state index in [1.54, 1.807) is 0 Å². The number of hydrogen-bond donors (Lipinski definition) is 3. The molecule has 0 radical (unpaired) electrons. The van der Waals surface area contributed by atoms with E-state index in [0.717, 1.165) is 19.4 Å². The molecule has 0 bridgehead atoms. The van der Waals surface area contributed by atoms with Crippen LogP contribution in [0.4, 0.5) is 0 Å². The third-order valence-corrected chi connectivity index (χ3v) is 1.69. The molecule has 3 heteroatoms. The Labute approximate surface area is 55.4 Å². The van der Waals surface area contributed by atoms with Crippen LogP contribution in [0.2, 0.25) is 0 Å². The van der Waals surface area contributed by atoms with Crippen LogP contribution in [0.15, 0.2) is 0 Å². The number of aliphatic hydroxyl groups is 1. The summed E-state index contributed by atoms with van der Waals surface area (Å²) < 4.78 is 0. The molecule has 1 heterocycles. The minimum absolute atomic E-state index is 0.238. The van der Waals surface area contributed by atoms with Gasteiger partial charge < -0.3 is 5.11 Å². The lowest BCUT2D eigenvalue weighted by atomic mass is 10.1. The number of hydrazine groups is 1. The summed E-state index contributed by atoms with van der Waals surface area (Å²) in [5.74, 6) is 0. The molecule has 0 aromatic carbocycles. The highest BCUT2D eigenvalue weighted by Crippen LogP contribution is 2.03. The van der Waals surface area contributed by atoms with Gasteiger partial charge in [-0.2, -0.15) is 0 Å². The van der Waals surface area contributed by atoms with Gasteiger partial charge in [-0.1, -0.05) is 0 Å². The molecular weight excluding hydrogens is 116 g/mol. The van der Waals surface area contributed by atoms with Crippen LogP contribution in [0.25, 0.3) is 0 Å². The van der Waals surface area contributed by atoms with Gasteiger partial charge in [-0.15, -0.1) is 0 Å². The van der Waals surface area contributed by atoms with E-state index in [-0.39, 0.29) is 12.1 Å². The first-order valence-electron chi connectivity index (χ1n) is 3.47. The van der Waals surface area contributed by atoms with Gasteiger partial charge in [0.15, 0.2) is 0 Å². The first-order chi connectivity index (χ1) is 4.30. The van der Waals surface area contributed by atoms with Gasteiger partial charge in [-0.25, -0.2) is 0 Å². The molecule has 1 rings (SSSR count). The summed E-state index contributed by atoms with van der Waals surface area (Å²) in [5.41, 5.74) is 6.02. The SMILES string of the molecule is CC(O)[C@@H]1CCCNN1. The average Bonchev–Trinajstić information content (AvgIpc) is 1.90. The topological polar surface area (TPSA) is 44.3 Å². The summed E-state index contributed by atoms with van der Waals surface area (Å²) in [5, 5.41) is 9.07. The predicted octanol–water partition coefficient (Wildman–Crippen LogP) is -0.376. The minimum atomic E-state index is -0.238. The number of nitrogens with one attached hydrogen (secondary N) is 2. The zero-order chi connectivity index (χ0) is 6.69. The maximum atomic E-state index is 9.07. The van der Waals surface area contributed by atoms with E-state index in [2.05, 4.69) is 10.9 Å². The third kappa shape index (κ3) is 1.93. The van der Waals surface area contributed by atoms with Crippen molar-refractivity contribution in [1.29, 1.82) is 0 Å². The second kappa shape index (κ2) is 3.15. The Morgan fingerprint density at radius 1 is 1.67 bits per heavy atom. The molecule has 0 aromatic rings. The van der Waals surface area contributed by atoms with Gasteiger partial charge in [0, 0.05) is 12.6 Å². The lowest BCUT2D eigenvalue weighted by molar-refractivity contribution is 0.118. The summed E-state index contributed by atoms with van der Waals surface area (Å²) in [4.78, 5) is 0. The molecule has 1 aliphatic heterocycles. The van der Waals surface area contributed by atoms with Crippen LogP contribution in [0.5, 0.6) is 0 Å². The lowest BCUT2D eigenvalue weighted by Crippen LogP contribution is -2.50. The molecule has 3 N–H and O–H groups in total. The van der Waals surface area contributed by atoms with Gasteiger partial charge >= 0.3 is 0 Å². The molecule has 1 unspecified atom stereocenters. The molecule has 2 atom stereocenters. The van der Waals surface area contributed by atoms with E-state index in [0.29, 0.717) is 0 Å². The van der Waals surface area contributed by atoms with Crippen LogP contribution >= 0.6 is 0 Å². The highest BCUT2D eigenvalue weighted by Gasteiger charge is 2.16. The van der Waals surface area contributed by atoms with E-state index < -0.39 is 0 Å². The van der Waals surface area contributed by atoms with E-state index >= 15 is 0 Å². The summed E-state index contributed by atoms with van der Waals surface area (Å²) in [6.45, 7) is 2.83. The Balaban J connectivity index is 2.23. The maximum absolute atomic E-state index is 9.07. The smallest absolute Gasteiger partial charge is 0.0678 e. The monoisotopic (exact) mass is 130 g/mol.